The van der Waals surface area contributed by atoms with Crippen molar-refractivity contribution < 1.29 is 4.74 Å². The number of methoxy groups -OCH3 is 1. The van der Waals surface area contributed by atoms with E-state index >= 15 is 0 Å². The van der Waals surface area contributed by atoms with E-state index in [1.165, 1.54) is 4.88 Å². The van der Waals surface area contributed by atoms with Crippen LogP contribution in [0.25, 0.3) is 0 Å². The standard InChI is InChI=1S/C15H19BrN2OS/c1-3-6-17-14(15-8-13(19-2)10-20-15)7-12-5-4-11(16)9-18-12/h4-5,8-10,14,17H,3,6-7H2,1-2H3. The Labute approximate surface area is 132 Å². The minimum atomic E-state index is 0.289. The van der Waals surface area contributed by atoms with E-state index in [0.717, 1.165) is 35.3 Å². The van der Waals surface area contributed by atoms with E-state index in [1.54, 1.807) is 18.4 Å². The van der Waals surface area contributed by atoms with Crippen LogP contribution in [0.4, 0.5) is 0 Å². The third-order valence-corrected chi connectivity index (χ3v) is 4.51. The number of hydrogen-bond acceptors (Lipinski definition) is 4. The van der Waals surface area contributed by atoms with Crippen LogP contribution in [0.1, 0.15) is 30.0 Å². The highest BCUT2D eigenvalue weighted by atomic mass is 79.9. The zero-order valence-electron chi connectivity index (χ0n) is 11.7. The molecule has 0 fully saturated rings. The number of thiophene rings is 1. The van der Waals surface area contributed by atoms with E-state index in [0.29, 0.717) is 0 Å². The minimum absolute atomic E-state index is 0.289. The molecule has 0 aliphatic rings. The second-order valence-electron chi connectivity index (χ2n) is 4.57. The first-order chi connectivity index (χ1) is 9.72. The van der Waals surface area contributed by atoms with Crippen molar-refractivity contribution >= 4 is 27.3 Å². The first kappa shape index (κ1) is 15.5. The molecule has 0 aliphatic heterocycles. The van der Waals surface area contributed by atoms with Gasteiger partial charge in [-0.05, 0) is 47.1 Å². The molecule has 0 aliphatic carbocycles. The van der Waals surface area contributed by atoms with Crippen molar-refractivity contribution in [3.63, 3.8) is 0 Å². The maximum absolute atomic E-state index is 5.28. The van der Waals surface area contributed by atoms with Gasteiger partial charge in [0, 0.05) is 39.1 Å². The largest absolute Gasteiger partial charge is 0.496 e. The Bertz CT molecular complexity index is 527. The summed E-state index contributed by atoms with van der Waals surface area (Å²) in [6, 6.07) is 6.50. The lowest BCUT2D eigenvalue weighted by molar-refractivity contribution is 0.415. The molecular formula is C15H19BrN2OS. The van der Waals surface area contributed by atoms with Crippen molar-refractivity contribution in [3.05, 3.63) is 44.8 Å². The van der Waals surface area contributed by atoms with Crippen molar-refractivity contribution in [2.24, 2.45) is 0 Å². The van der Waals surface area contributed by atoms with Crippen LogP contribution in [0.15, 0.2) is 34.2 Å². The summed E-state index contributed by atoms with van der Waals surface area (Å²) in [7, 11) is 1.70. The fraction of sp³-hybridized carbons (Fsp3) is 0.400. The average Bonchev–Trinajstić information content (AvgIpc) is 2.94. The Kier molecular flexibility index (Phi) is 6.01. The molecule has 0 radical (unpaired) electrons. The van der Waals surface area contributed by atoms with Gasteiger partial charge in [-0.1, -0.05) is 6.92 Å². The van der Waals surface area contributed by atoms with Crippen LogP contribution in [0.5, 0.6) is 5.75 Å². The number of ether oxygens (including phenoxy) is 1. The molecule has 108 valence electrons. The Morgan fingerprint density at radius 3 is 2.90 bits per heavy atom. The van der Waals surface area contributed by atoms with Crippen molar-refractivity contribution in [1.29, 1.82) is 0 Å². The molecule has 0 amide bonds. The molecule has 2 heterocycles. The molecular weight excluding hydrogens is 336 g/mol. The summed E-state index contributed by atoms with van der Waals surface area (Å²) in [5, 5.41) is 5.64. The highest BCUT2D eigenvalue weighted by molar-refractivity contribution is 9.10. The monoisotopic (exact) mass is 354 g/mol. The Balaban J connectivity index is 2.12. The number of rotatable bonds is 7. The molecule has 0 aromatic carbocycles. The lowest BCUT2D eigenvalue weighted by atomic mass is 10.1. The van der Waals surface area contributed by atoms with Gasteiger partial charge in [-0.15, -0.1) is 11.3 Å². The first-order valence-electron chi connectivity index (χ1n) is 6.69. The third kappa shape index (κ3) is 4.30. The smallest absolute Gasteiger partial charge is 0.129 e. The summed E-state index contributed by atoms with van der Waals surface area (Å²) in [5.74, 6) is 0.928. The van der Waals surface area contributed by atoms with Crippen molar-refractivity contribution in [2.75, 3.05) is 13.7 Å². The topological polar surface area (TPSA) is 34.2 Å². The molecule has 2 aromatic rings. The summed E-state index contributed by atoms with van der Waals surface area (Å²) < 4.78 is 6.29. The van der Waals surface area contributed by atoms with Crippen LogP contribution in [0.3, 0.4) is 0 Å². The van der Waals surface area contributed by atoms with Crippen LogP contribution < -0.4 is 10.1 Å². The summed E-state index contributed by atoms with van der Waals surface area (Å²) in [6.45, 7) is 3.18. The summed E-state index contributed by atoms with van der Waals surface area (Å²) >= 11 is 5.15. The SMILES string of the molecule is CCCNC(Cc1ccc(Br)cn1)c1cc(OC)cs1. The van der Waals surface area contributed by atoms with Crippen molar-refractivity contribution in [1.82, 2.24) is 10.3 Å². The molecule has 5 heteroatoms. The zero-order chi connectivity index (χ0) is 14.4. The van der Waals surface area contributed by atoms with Crippen LogP contribution in [-0.4, -0.2) is 18.6 Å². The zero-order valence-corrected chi connectivity index (χ0v) is 14.1. The van der Waals surface area contributed by atoms with Gasteiger partial charge in [0.15, 0.2) is 0 Å². The maximum Gasteiger partial charge on any atom is 0.129 e. The number of nitrogens with zero attached hydrogens (tertiary/aromatic N) is 1. The molecule has 1 unspecified atom stereocenters. The fourth-order valence-electron chi connectivity index (χ4n) is 1.95. The van der Waals surface area contributed by atoms with Gasteiger partial charge in [0.05, 0.1) is 7.11 Å². The van der Waals surface area contributed by atoms with Gasteiger partial charge in [0.1, 0.15) is 5.75 Å². The number of pyridine rings is 1. The van der Waals surface area contributed by atoms with Crippen LogP contribution in [0, 0.1) is 0 Å². The Morgan fingerprint density at radius 1 is 1.45 bits per heavy atom. The minimum Gasteiger partial charge on any atom is -0.496 e. The van der Waals surface area contributed by atoms with Crippen molar-refractivity contribution in [3.8, 4) is 5.75 Å². The van der Waals surface area contributed by atoms with E-state index in [2.05, 4.69) is 45.3 Å². The van der Waals surface area contributed by atoms with E-state index in [9.17, 15) is 0 Å². The van der Waals surface area contributed by atoms with Gasteiger partial charge in [-0.25, -0.2) is 0 Å². The molecule has 2 aromatic heterocycles. The molecule has 3 nitrogen and oxygen atoms in total. The lowest BCUT2D eigenvalue weighted by Gasteiger charge is -2.16. The lowest BCUT2D eigenvalue weighted by Crippen LogP contribution is -2.23. The van der Waals surface area contributed by atoms with Crippen LogP contribution in [-0.2, 0) is 6.42 Å². The predicted molar refractivity (Wildman–Crippen MR) is 87.5 cm³/mol. The van der Waals surface area contributed by atoms with Gasteiger partial charge in [0.2, 0.25) is 0 Å². The van der Waals surface area contributed by atoms with Crippen LogP contribution >= 0.6 is 27.3 Å². The molecule has 20 heavy (non-hydrogen) atoms. The average molecular weight is 355 g/mol. The Hall–Kier alpha value is -0.910. The van der Waals surface area contributed by atoms with E-state index in [1.807, 2.05) is 17.6 Å². The van der Waals surface area contributed by atoms with Crippen LogP contribution in [0.2, 0.25) is 0 Å². The highest BCUT2D eigenvalue weighted by Gasteiger charge is 2.15. The summed E-state index contributed by atoms with van der Waals surface area (Å²) in [5.41, 5.74) is 1.09. The number of hydrogen-bond donors (Lipinski definition) is 1. The molecule has 0 bridgehead atoms. The first-order valence-corrected chi connectivity index (χ1v) is 8.36. The molecule has 2 rings (SSSR count). The van der Waals surface area contributed by atoms with Crippen molar-refractivity contribution in [2.45, 2.75) is 25.8 Å². The fourth-order valence-corrected chi connectivity index (χ4v) is 3.12. The predicted octanol–water partition coefficient (Wildman–Crippen LogP) is 4.20. The van der Waals surface area contributed by atoms with Gasteiger partial charge in [0.25, 0.3) is 0 Å². The molecule has 1 N–H and O–H groups in total. The van der Waals surface area contributed by atoms with Gasteiger partial charge in [-0.2, -0.15) is 0 Å². The molecule has 0 spiro atoms. The van der Waals surface area contributed by atoms with E-state index < -0.39 is 0 Å². The van der Waals surface area contributed by atoms with E-state index in [-0.39, 0.29) is 6.04 Å². The number of nitrogens with one attached hydrogen (secondary N) is 1. The highest BCUT2D eigenvalue weighted by Crippen LogP contribution is 2.28. The molecule has 0 saturated carbocycles. The summed E-state index contributed by atoms with van der Waals surface area (Å²) in [6.07, 6.45) is 3.85. The maximum atomic E-state index is 5.28. The number of halogens is 1. The Morgan fingerprint density at radius 2 is 2.30 bits per heavy atom. The normalized spacial score (nSPS) is 12.3. The quantitative estimate of drug-likeness (QED) is 0.808. The number of aromatic nitrogens is 1. The van der Waals surface area contributed by atoms with E-state index in [4.69, 9.17) is 4.74 Å². The van der Waals surface area contributed by atoms with Gasteiger partial charge in [-0.3, -0.25) is 4.98 Å². The second-order valence-corrected chi connectivity index (χ2v) is 6.43. The van der Waals surface area contributed by atoms with Gasteiger partial charge >= 0.3 is 0 Å². The summed E-state index contributed by atoms with van der Waals surface area (Å²) in [4.78, 5) is 5.76. The molecule has 0 saturated heterocycles. The van der Waals surface area contributed by atoms with Gasteiger partial charge < -0.3 is 10.1 Å². The second kappa shape index (κ2) is 7.76. The third-order valence-electron chi connectivity index (χ3n) is 3.02. The molecule has 1 atom stereocenters.